The van der Waals surface area contributed by atoms with E-state index in [9.17, 15) is 111 Å². The molecule has 0 spiro atoms. The fourth-order valence-electron chi connectivity index (χ4n) is 11.3. The molecule has 39 nitrogen and oxygen atoms in total. The number of carbonyl (C=O) groups is 3. The van der Waals surface area contributed by atoms with E-state index >= 15 is 0 Å². The topological polar surface area (TPSA) is 601 Å². The lowest BCUT2D eigenvalue weighted by molar-refractivity contribution is -0.396. The molecule has 7 aliphatic heterocycles. The highest BCUT2D eigenvalue weighted by Crippen LogP contribution is 2.39. The second kappa shape index (κ2) is 32.5. The van der Waals surface area contributed by atoms with Crippen molar-refractivity contribution in [3.05, 3.63) is 0 Å². The van der Waals surface area contributed by atoms with Crippen molar-refractivity contribution in [1.29, 1.82) is 0 Å². The Balaban J connectivity index is 1.22. The number of amides is 3. The zero-order valence-electron chi connectivity index (χ0n) is 48.2. The zero-order chi connectivity index (χ0) is 65.6. The molecule has 89 heavy (non-hydrogen) atoms. The van der Waals surface area contributed by atoms with Gasteiger partial charge in [0.15, 0.2) is 44.0 Å². The van der Waals surface area contributed by atoms with Gasteiger partial charge in [-0.25, -0.2) is 0 Å². The first-order chi connectivity index (χ1) is 42.2. The molecule has 0 saturated carbocycles. The van der Waals surface area contributed by atoms with E-state index in [2.05, 4.69) is 16.0 Å². The molecule has 36 atom stereocenters. The van der Waals surface area contributed by atoms with Gasteiger partial charge < -0.3 is 179 Å². The molecule has 516 valence electrons. The third-order valence-corrected chi connectivity index (χ3v) is 16.2. The molecule has 7 saturated heterocycles. The lowest BCUT2D eigenvalue weighted by atomic mass is 9.93. The van der Waals surface area contributed by atoms with Crippen LogP contribution in [0.5, 0.6) is 0 Å². The number of aliphatic hydroxyl groups is 19. The summed E-state index contributed by atoms with van der Waals surface area (Å²) >= 11 is 0. The Kier molecular flexibility index (Phi) is 26.8. The predicted octanol–water partition coefficient (Wildman–Crippen LogP) is -14.8. The van der Waals surface area contributed by atoms with Gasteiger partial charge >= 0.3 is 0 Å². The highest BCUT2D eigenvalue weighted by atomic mass is 16.8. The Labute approximate surface area is 505 Å². The fraction of sp³-hybridized carbons (Fsp3) is 0.940. The van der Waals surface area contributed by atoms with Crippen molar-refractivity contribution < 1.29 is 178 Å². The lowest BCUT2D eigenvalue weighted by Crippen LogP contribution is -2.72. The monoisotopic (exact) mass is 1300 g/mol. The van der Waals surface area contributed by atoms with Crippen LogP contribution < -0.4 is 16.0 Å². The average molecular weight is 1300 g/mol. The largest absolute Gasteiger partial charge is 0.394 e. The molecule has 39 heteroatoms. The number of hydrogen-bond donors (Lipinski definition) is 22. The zero-order valence-corrected chi connectivity index (χ0v) is 48.2. The van der Waals surface area contributed by atoms with Crippen LogP contribution >= 0.6 is 0 Å². The van der Waals surface area contributed by atoms with Crippen LogP contribution in [0.15, 0.2) is 0 Å². The van der Waals surface area contributed by atoms with Gasteiger partial charge in [-0.15, -0.1) is 0 Å². The van der Waals surface area contributed by atoms with Gasteiger partial charge in [-0.05, 0) is 13.8 Å². The number of ether oxygens (including phenoxy) is 14. The molecule has 7 aliphatic rings. The molecular formula is C50H85N3O36. The van der Waals surface area contributed by atoms with Crippen LogP contribution in [-0.2, 0) is 80.7 Å². The maximum atomic E-state index is 13.4. The number of nitrogens with one attached hydrogen (secondary N) is 3. The molecule has 7 heterocycles. The van der Waals surface area contributed by atoms with E-state index in [1.54, 1.807) is 0 Å². The molecule has 0 radical (unpaired) electrons. The number of hydrogen-bond acceptors (Lipinski definition) is 36. The van der Waals surface area contributed by atoms with Crippen molar-refractivity contribution in [3.8, 4) is 0 Å². The summed E-state index contributed by atoms with van der Waals surface area (Å²) < 4.78 is 82.6. The first-order valence-electron chi connectivity index (χ1n) is 28.6. The fourth-order valence-corrected chi connectivity index (χ4v) is 11.3. The average Bonchev–Trinajstić information content (AvgIpc) is 0.828. The van der Waals surface area contributed by atoms with Crippen LogP contribution in [0.25, 0.3) is 0 Å². The van der Waals surface area contributed by atoms with Crippen molar-refractivity contribution in [1.82, 2.24) is 16.0 Å². The maximum Gasteiger partial charge on any atom is 0.217 e. The minimum Gasteiger partial charge on any atom is -0.394 e. The third-order valence-electron chi connectivity index (χ3n) is 16.2. The van der Waals surface area contributed by atoms with Gasteiger partial charge in [-0.3, -0.25) is 14.4 Å². The molecule has 0 bridgehead atoms. The van der Waals surface area contributed by atoms with E-state index in [4.69, 9.17) is 66.3 Å². The molecule has 0 aromatic carbocycles. The summed E-state index contributed by atoms with van der Waals surface area (Å²) in [4.78, 5) is 37.1. The minimum absolute atomic E-state index is 0.263. The van der Waals surface area contributed by atoms with Gasteiger partial charge in [0.2, 0.25) is 18.2 Å². The van der Waals surface area contributed by atoms with E-state index in [1.165, 1.54) is 13.8 Å². The standard InChI is InChI=1S/C50H85N3O36/c1-13-25(63)30(68)33(71)47(77-13)85-39-22(10-59)82-45(89-42-28(66)19(7-56)80-49(36(42)74)84-38-21(9-58)83-46(35(73)32(38)70)76-11-17(5-54)51-12-60)24(53-16(4)62)41(39)87-50-37(75)43(29(67)20(8-57)81-50)88-44-23(52-15(3)61)40(27(65)18(6-55)79-44)86-48-34(72)31(69)26(64)14(2)78-48/h12-14,17-50,54-59,63-75H,5-11H2,1-4H3,(H,51,60)(H,52,61)(H,53,62)/t13-,14-,17+,18+,19+,20+,21+,22+,23+,24+,25+,26+,27+,28-,29-,30+,31+,32+,33-,34-,35+,36+,37+,38+,39+,40+,41+,42-,43-,44-,45-,46+,47-,48-,49-,50-/m0/s1. The SMILES string of the molecule is CC(=O)N[C@H]1[C@H](O[C@H]2[C@@H](O)[C@@H](CO)O[C@@H](O[C@H]3[C@H](O)[C@@H](O)[C@H](OC[C@@H](CO)NC=O)O[C@@H]3CO)[C@@H]2O)O[C@H](CO)[C@@H](O[C@@H]2O[C@@H](C)[C@@H](O)[C@@H](O)[C@@H]2O)[C@@H]1O[C@@H]1O[C@H](CO)[C@H](O)[C@H](O[C@@H]2O[C@H](CO)[C@@H](O)[C@H](O[C@@H]3O[C@@H](C)[C@@H](O)[C@@H](O)[C@@H]3O)[C@H]2NC(C)=O)[C@H]1O. The van der Waals surface area contributed by atoms with Crippen molar-refractivity contribution in [2.24, 2.45) is 0 Å². The summed E-state index contributed by atoms with van der Waals surface area (Å²) in [6, 6.07) is -4.74. The Bertz CT molecular complexity index is 2210. The quantitative estimate of drug-likeness (QED) is 0.0377. The summed E-state index contributed by atoms with van der Waals surface area (Å²) in [5.74, 6) is -1.82. The van der Waals surface area contributed by atoms with Crippen molar-refractivity contribution in [2.75, 3.05) is 46.2 Å². The molecule has 0 unspecified atom stereocenters. The van der Waals surface area contributed by atoms with Crippen molar-refractivity contribution >= 4 is 18.2 Å². The van der Waals surface area contributed by atoms with Gasteiger partial charge in [0, 0.05) is 13.8 Å². The first-order valence-corrected chi connectivity index (χ1v) is 28.6. The molecule has 3 amide bonds. The lowest BCUT2D eigenvalue weighted by Gasteiger charge is -2.52. The van der Waals surface area contributed by atoms with Gasteiger partial charge in [0.25, 0.3) is 0 Å². The van der Waals surface area contributed by atoms with Crippen LogP contribution in [-0.4, -0.2) is 382 Å². The summed E-state index contributed by atoms with van der Waals surface area (Å²) in [7, 11) is 0. The third kappa shape index (κ3) is 16.4. The van der Waals surface area contributed by atoms with Crippen LogP contribution in [0.1, 0.15) is 27.7 Å². The molecule has 0 aromatic heterocycles. The normalized spacial score (nSPS) is 48.5. The molecule has 7 rings (SSSR count). The predicted molar refractivity (Wildman–Crippen MR) is 276 cm³/mol. The Hall–Kier alpha value is -2.91. The summed E-state index contributed by atoms with van der Waals surface area (Å²) in [6.45, 7) is -1.86. The van der Waals surface area contributed by atoms with Crippen LogP contribution in [0.4, 0.5) is 0 Å². The number of rotatable bonds is 25. The summed E-state index contributed by atoms with van der Waals surface area (Å²) in [5.41, 5.74) is 0. The maximum absolute atomic E-state index is 13.4. The molecule has 0 aliphatic carbocycles. The Morgan fingerprint density at radius 3 is 1.15 bits per heavy atom. The van der Waals surface area contributed by atoms with Gasteiger partial charge in [-0.2, -0.15) is 0 Å². The summed E-state index contributed by atoms with van der Waals surface area (Å²) in [5, 5.41) is 215. The Morgan fingerprint density at radius 1 is 0.382 bits per heavy atom. The van der Waals surface area contributed by atoms with Crippen LogP contribution in [0, 0.1) is 0 Å². The molecule has 0 aromatic rings. The molecular weight excluding hydrogens is 1220 g/mol. The smallest absolute Gasteiger partial charge is 0.217 e. The Morgan fingerprint density at radius 2 is 0.719 bits per heavy atom. The van der Waals surface area contributed by atoms with Gasteiger partial charge in [0.05, 0.1) is 64.5 Å². The van der Waals surface area contributed by atoms with Crippen molar-refractivity contribution in [2.45, 2.75) is 249 Å². The van der Waals surface area contributed by atoms with Crippen molar-refractivity contribution in [3.63, 3.8) is 0 Å². The van der Waals surface area contributed by atoms with E-state index in [-0.39, 0.29) is 6.41 Å². The van der Waals surface area contributed by atoms with Crippen LogP contribution in [0.2, 0.25) is 0 Å². The highest BCUT2D eigenvalue weighted by Gasteiger charge is 2.60. The van der Waals surface area contributed by atoms with E-state index in [0.29, 0.717) is 0 Å². The second-order valence-corrected chi connectivity index (χ2v) is 22.5. The summed E-state index contributed by atoms with van der Waals surface area (Å²) in [6.07, 6.45) is -63.3. The number of aliphatic hydroxyl groups excluding tert-OH is 19. The van der Waals surface area contributed by atoms with Gasteiger partial charge in [0.1, 0.15) is 159 Å². The van der Waals surface area contributed by atoms with E-state index in [1.807, 2.05) is 0 Å². The number of carbonyl (C=O) groups excluding carboxylic acids is 3. The molecule has 22 N–H and O–H groups in total. The van der Waals surface area contributed by atoms with E-state index in [0.717, 1.165) is 13.8 Å². The van der Waals surface area contributed by atoms with Gasteiger partial charge in [-0.1, -0.05) is 0 Å². The second-order valence-electron chi connectivity index (χ2n) is 22.5. The first kappa shape index (κ1) is 73.5. The van der Waals surface area contributed by atoms with Crippen LogP contribution in [0.3, 0.4) is 0 Å². The molecule has 7 fully saturated rings. The highest BCUT2D eigenvalue weighted by molar-refractivity contribution is 5.73. The van der Waals surface area contributed by atoms with E-state index < -0.39 is 279 Å². The minimum atomic E-state index is -2.38.